The number of aliphatic carboxylic acids is 1. The molecule has 0 saturated carbocycles. The Morgan fingerprint density at radius 1 is 0.776 bits per heavy atom. The van der Waals surface area contributed by atoms with Gasteiger partial charge in [-0.15, -0.1) is 34.0 Å². The molecule has 58 heavy (non-hydrogen) atoms. The lowest BCUT2D eigenvalue weighted by atomic mass is 9.78. The SMILES string of the molecule is CCC(C(=O)COCCc1cc(-c2scc3c2OCCO3)sc1-c1scc2c1CCOCCO2)C(Cc1ccccc1)C(=O)CCCC(Cc1ccccc1)C(=O)O. The predicted octanol–water partition coefficient (Wildman–Crippen LogP) is 9.62. The molecule has 9 nitrogen and oxygen atoms in total. The van der Waals surface area contributed by atoms with Crippen LogP contribution in [0, 0.1) is 17.8 Å². The highest BCUT2D eigenvalue weighted by atomic mass is 32.1. The van der Waals surface area contributed by atoms with Gasteiger partial charge in [-0.3, -0.25) is 14.4 Å². The number of hydrogen-bond acceptors (Lipinski definition) is 11. The molecule has 0 bridgehead atoms. The molecule has 2 aliphatic heterocycles. The maximum Gasteiger partial charge on any atom is 0.306 e. The third-order valence-corrected chi connectivity index (χ3v) is 14.3. The first-order valence-corrected chi connectivity index (χ1v) is 22.7. The van der Waals surface area contributed by atoms with E-state index in [-0.39, 0.29) is 24.6 Å². The number of carbonyl (C=O) groups is 3. The maximum atomic E-state index is 14.0. The quantitative estimate of drug-likeness (QED) is 0.0765. The fraction of sp³-hybridized carbons (Fsp3) is 0.413. The largest absolute Gasteiger partial charge is 0.490 e. The van der Waals surface area contributed by atoms with Crippen LogP contribution in [0.1, 0.15) is 54.9 Å². The number of carboxylic acids is 1. The minimum atomic E-state index is -0.861. The standard InChI is InChI=1S/C46H50O9S3/c1-2-34(36(25-31-12-7-4-8-13-31)37(47)15-9-14-33(46(49)50)24-30-10-5-3-6-11-30)38(48)27-52-18-16-32-26-41(45-42-40(29-57-45)54-22-23-55-42)58-43(32)44-35-17-19-51-20-21-53-39(35)28-56-44/h3-8,10-13,26,28-29,33-34,36H,2,9,14-25,27H2,1H3,(H,49,50). The highest BCUT2D eigenvalue weighted by molar-refractivity contribution is 7.26. The molecule has 0 radical (unpaired) electrons. The molecule has 12 heteroatoms. The van der Waals surface area contributed by atoms with Crippen LogP contribution in [0.3, 0.4) is 0 Å². The molecule has 0 amide bonds. The van der Waals surface area contributed by atoms with Gasteiger partial charge in [0.25, 0.3) is 0 Å². The van der Waals surface area contributed by atoms with Crippen molar-refractivity contribution in [3.8, 4) is 36.8 Å². The van der Waals surface area contributed by atoms with Crippen molar-refractivity contribution in [3.63, 3.8) is 0 Å². The first kappa shape index (κ1) is 41.8. The van der Waals surface area contributed by atoms with Crippen LogP contribution in [0.5, 0.6) is 17.2 Å². The molecule has 306 valence electrons. The normalized spacial score (nSPS) is 15.3. The highest BCUT2D eigenvalue weighted by Gasteiger charge is 2.33. The van der Waals surface area contributed by atoms with E-state index in [1.165, 1.54) is 0 Å². The Morgan fingerprint density at radius 2 is 1.47 bits per heavy atom. The predicted molar refractivity (Wildman–Crippen MR) is 229 cm³/mol. The summed E-state index contributed by atoms with van der Waals surface area (Å²) >= 11 is 5.01. The molecule has 3 unspecified atom stereocenters. The zero-order valence-corrected chi connectivity index (χ0v) is 35.2. The molecular weight excluding hydrogens is 793 g/mol. The monoisotopic (exact) mass is 842 g/mol. The molecule has 3 aromatic heterocycles. The third-order valence-electron chi connectivity index (χ3n) is 10.8. The molecule has 5 aromatic rings. The van der Waals surface area contributed by atoms with Gasteiger partial charge in [-0.1, -0.05) is 67.6 Å². The molecule has 0 saturated heterocycles. The number of benzene rings is 2. The Balaban J connectivity index is 1.03. The Hall–Kier alpha value is -4.33. The van der Waals surface area contributed by atoms with Gasteiger partial charge in [-0.05, 0) is 61.3 Å². The third kappa shape index (κ3) is 10.5. The van der Waals surface area contributed by atoms with E-state index in [0.29, 0.717) is 78.2 Å². The van der Waals surface area contributed by atoms with Crippen molar-refractivity contribution in [1.82, 2.24) is 0 Å². The van der Waals surface area contributed by atoms with E-state index in [4.69, 9.17) is 23.7 Å². The van der Waals surface area contributed by atoms with Gasteiger partial charge in [-0.2, -0.15) is 0 Å². The fourth-order valence-electron chi connectivity index (χ4n) is 7.82. The molecule has 2 aliphatic rings. The number of carbonyl (C=O) groups excluding carboxylic acids is 2. The van der Waals surface area contributed by atoms with Gasteiger partial charge >= 0.3 is 5.97 Å². The van der Waals surface area contributed by atoms with E-state index in [1.54, 1.807) is 34.0 Å². The average molecular weight is 843 g/mol. The van der Waals surface area contributed by atoms with Crippen LogP contribution in [0.2, 0.25) is 0 Å². The number of Topliss-reactive ketones (excluding diaryl/α,β-unsaturated/α-hetero) is 2. The van der Waals surface area contributed by atoms with Crippen molar-refractivity contribution in [1.29, 1.82) is 0 Å². The van der Waals surface area contributed by atoms with E-state index in [0.717, 1.165) is 65.4 Å². The summed E-state index contributed by atoms with van der Waals surface area (Å²) in [6.07, 6.45) is 3.76. The summed E-state index contributed by atoms with van der Waals surface area (Å²) in [7, 11) is 0. The molecule has 2 aromatic carbocycles. The van der Waals surface area contributed by atoms with E-state index in [9.17, 15) is 19.5 Å². The van der Waals surface area contributed by atoms with Crippen LogP contribution in [0.4, 0.5) is 0 Å². The van der Waals surface area contributed by atoms with Gasteiger partial charge in [0.15, 0.2) is 17.3 Å². The van der Waals surface area contributed by atoms with Gasteiger partial charge < -0.3 is 28.8 Å². The Morgan fingerprint density at radius 3 is 2.22 bits per heavy atom. The Labute approximate surface area is 351 Å². The highest BCUT2D eigenvalue weighted by Crippen LogP contribution is 2.51. The summed E-state index contributed by atoms with van der Waals surface area (Å²) < 4.78 is 29.9. The van der Waals surface area contributed by atoms with Crippen molar-refractivity contribution in [2.45, 2.75) is 58.3 Å². The summed E-state index contributed by atoms with van der Waals surface area (Å²) in [5, 5.41) is 14.0. The Kier molecular flexibility index (Phi) is 14.8. The number of carboxylic acid groups (broad SMARTS) is 1. The van der Waals surface area contributed by atoms with E-state index in [1.807, 2.05) is 73.0 Å². The minimum Gasteiger partial charge on any atom is -0.490 e. The molecule has 1 N–H and O–H groups in total. The van der Waals surface area contributed by atoms with Gasteiger partial charge in [0.05, 0.1) is 35.5 Å². The molecule has 0 fully saturated rings. The Bertz CT molecular complexity index is 2120. The topological polar surface area (TPSA) is 118 Å². The maximum absolute atomic E-state index is 14.0. The van der Waals surface area contributed by atoms with Gasteiger partial charge in [-0.25, -0.2) is 0 Å². The van der Waals surface area contributed by atoms with Gasteiger partial charge in [0, 0.05) is 50.8 Å². The van der Waals surface area contributed by atoms with Crippen molar-refractivity contribution in [3.05, 3.63) is 99.7 Å². The lowest BCUT2D eigenvalue weighted by Gasteiger charge is -2.25. The average Bonchev–Trinajstić information content (AvgIpc) is 3.96. The van der Waals surface area contributed by atoms with Crippen LogP contribution in [0.25, 0.3) is 19.5 Å². The van der Waals surface area contributed by atoms with Gasteiger partial charge in [0.2, 0.25) is 0 Å². The summed E-state index contributed by atoms with van der Waals surface area (Å²) in [6, 6.07) is 21.6. The van der Waals surface area contributed by atoms with Crippen molar-refractivity contribution in [2.75, 3.05) is 46.2 Å². The van der Waals surface area contributed by atoms with Crippen molar-refractivity contribution >= 4 is 51.5 Å². The number of ketones is 2. The summed E-state index contributed by atoms with van der Waals surface area (Å²) in [4.78, 5) is 44.5. The van der Waals surface area contributed by atoms with Crippen LogP contribution in [0.15, 0.2) is 77.5 Å². The molecular formula is C46H50O9S3. The number of hydrogen-bond donors (Lipinski definition) is 1. The summed E-state index contributed by atoms with van der Waals surface area (Å²) in [5.74, 6) is -0.110. The summed E-state index contributed by atoms with van der Waals surface area (Å²) in [5.41, 5.74) is 4.22. The fourth-order valence-corrected chi connectivity index (χ4v) is 11.3. The van der Waals surface area contributed by atoms with Crippen LogP contribution < -0.4 is 14.2 Å². The lowest BCUT2D eigenvalue weighted by Crippen LogP contribution is -2.33. The molecule has 7 rings (SSSR count). The van der Waals surface area contributed by atoms with Crippen LogP contribution in [-0.2, 0) is 49.5 Å². The van der Waals surface area contributed by atoms with Crippen LogP contribution >= 0.6 is 34.0 Å². The van der Waals surface area contributed by atoms with E-state index >= 15 is 0 Å². The zero-order chi connectivity index (χ0) is 40.3. The number of ether oxygens (including phenoxy) is 5. The second-order valence-corrected chi connectivity index (χ2v) is 17.5. The van der Waals surface area contributed by atoms with Crippen LogP contribution in [-0.4, -0.2) is 68.9 Å². The first-order valence-electron chi connectivity index (χ1n) is 20.1. The molecule has 0 aliphatic carbocycles. The lowest BCUT2D eigenvalue weighted by molar-refractivity contribution is -0.142. The number of rotatable bonds is 20. The molecule has 5 heterocycles. The summed E-state index contributed by atoms with van der Waals surface area (Å²) in [6.45, 7) is 4.95. The number of thiophene rings is 3. The van der Waals surface area contributed by atoms with Crippen molar-refractivity contribution in [2.24, 2.45) is 17.8 Å². The smallest absolute Gasteiger partial charge is 0.306 e. The van der Waals surface area contributed by atoms with Gasteiger partial charge in [0.1, 0.15) is 38.0 Å². The second kappa shape index (κ2) is 20.6. The van der Waals surface area contributed by atoms with E-state index in [2.05, 4.69) is 11.4 Å². The molecule has 0 spiro atoms. The minimum absolute atomic E-state index is 0.00588. The second-order valence-electron chi connectivity index (χ2n) is 14.7. The van der Waals surface area contributed by atoms with Crippen molar-refractivity contribution < 1.29 is 43.2 Å². The van der Waals surface area contributed by atoms with E-state index < -0.39 is 23.7 Å². The zero-order valence-electron chi connectivity index (χ0n) is 32.8. The number of fused-ring (bicyclic) bond motifs is 2. The first-order chi connectivity index (χ1) is 28.4. The molecule has 3 atom stereocenters.